The molecule has 0 amide bonds. The summed E-state index contributed by atoms with van der Waals surface area (Å²) in [6, 6.07) is 10.2. The fourth-order valence-electron chi connectivity index (χ4n) is 1.77. The number of hydrogen-bond acceptors (Lipinski definition) is 3. The quantitative estimate of drug-likeness (QED) is 0.848. The van der Waals surface area contributed by atoms with Gasteiger partial charge in [-0.15, -0.1) is 0 Å². The van der Waals surface area contributed by atoms with E-state index in [0.717, 1.165) is 6.07 Å². The molecule has 0 saturated carbocycles. The van der Waals surface area contributed by atoms with Gasteiger partial charge < -0.3 is 5.73 Å². The summed E-state index contributed by atoms with van der Waals surface area (Å²) in [5.74, 6) is -0.488. The van der Waals surface area contributed by atoms with E-state index in [1.807, 2.05) is 0 Å². The van der Waals surface area contributed by atoms with Crippen LogP contribution in [-0.4, -0.2) is 13.4 Å². The lowest BCUT2D eigenvalue weighted by atomic mass is 10.2. The summed E-state index contributed by atoms with van der Waals surface area (Å²) in [6.45, 7) is 1.59. The molecular weight excluding hydrogens is 311 g/mol. The first-order chi connectivity index (χ1) is 9.81. The second-order valence-corrected chi connectivity index (χ2v) is 6.52. The lowest BCUT2D eigenvalue weighted by Crippen LogP contribution is -2.19. The number of hydrogen-bond donors (Lipinski definition) is 2. The molecule has 2 rings (SSSR count). The van der Waals surface area contributed by atoms with Crippen molar-refractivity contribution in [1.29, 1.82) is 0 Å². The fraction of sp³-hybridized carbons (Fsp3) is 0.0714. The maximum Gasteiger partial charge on any atom is 0.262 e. The molecule has 2 aromatic carbocycles. The zero-order valence-corrected chi connectivity index (χ0v) is 12.8. The average molecular weight is 324 g/mol. The monoisotopic (exact) mass is 324 g/mol. The molecule has 3 N–H and O–H groups in total. The van der Waals surface area contributed by atoms with E-state index < -0.39 is 15.8 Å². The molecular formula is C14H13FN2O2S2. The summed E-state index contributed by atoms with van der Waals surface area (Å²) in [6.07, 6.45) is 0. The maximum atomic E-state index is 13.5. The molecule has 0 unspecified atom stereocenters. The van der Waals surface area contributed by atoms with Gasteiger partial charge in [-0.3, -0.25) is 4.72 Å². The summed E-state index contributed by atoms with van der Waals surface area (Å²) in [4.78, 5) is -0.0652. The van der Waals surface area contributed by atoms with E-state index in [2.05, 4.69) is 4.72 Å². The summed E-state index contributed by atoms with van der Waals surface area (Å²) in [7, 11) is -3.90. The Hall–Kier alpha value is -1.99. The summed E-state index contributed by atoms with van der Waals surface area (Å²) in [5.41, 5.74) is 6.34. The number of nitrogens with one attached hydrogen (secondary N) is 1. The Kier molecular flexibility index (Phi) is 4.24. The van der Waals surface area contributed by atoms with Gasteiger partial charge in [0.1, 0.15) is 10.8 Å². The third kappa shape index (κ3) is 3.37. The second kappa shape index (κ2) is 5.79. The molecule has 0 radical (unpaired) electrons. The molecule has 0 fully saturated rings. The smallest absolute Gasteiger partial charge is 0.262 e. The summed E-state index contributed by atoms with van der Waals surface area (Å²) in [5, 5.41) is 0. The molecule has 2 aromatic rings. The molecule has 0 aliphatic carbocycles. The Balaban J connectivity index is 2.43. The second-order valence-electron chi connectivity index (χ2n) is 4.43. The number of rotatable bonds is 4. The molecule has 0 heterocycles. The first kappa shape index (κ1) is 15.4. The molecule has 0 bridgehead atoms. The fourth-order valence-corrected chi connectivity index (χ4v) is 3.29. The number of benzene rings is 2. The van der Waals surface area contributed by atoms with E-state index in [4.69, 9.17) is 18.0 Å². The third-order valence-corrected chi connectivity index (χ3v) is 4.53. The number of sulfonamides is 1. The van der Waals surface area contributed by atoms with Crippen LogP contribution in [-0.2, 0) is 10.0 Å². The highest BCUT2D eigenvalue weighted by Gasteiger charge is 2.19. The Labute approximate surface area is 127 Å². The van der Waals surface area contributed by atoms with Gasteiger partial charge in [0.05, 0.1) is 10.6 Å². The molecule has 0 spiro atoms. The van der Waals surface area contributed by atoms with Crippen LogP contribution in [0, 0.1) is 12.7 Å². The van der Waals surface area contributed by atoms with Gasteiger partial charge in [0, 0.05) is 5.56 Å². The van der Waals surface area contributed by atoms with E-state index in [0.29, 0.717) is 5.56 Å². The number of nitrogens with two attached hydrogens (primary N) is 1. The van der Waals surface area contributed by atoms with E-state index in [9.17, 15) is 12.8 Å². The van der Waals surface area contributed by atoms with Crippen molar-refractivity contribution in [2.45, 2.75) is 11.8 Å². The van der Waals surface area contributed by atoms with Crippen molar-refractivity contribution in [3.63, 3.8) is 0 Å². The van der Waals surface area contributed by atoms with Crippen molar-refractivity contribution in [2.24, 2.45) is 5.73 Å². The highest BCUT2D eigenvalue weighted by molar-refractivity contribution is 7.93. The normalized spacial score (nSPS) is 11.1. The highest BCUT2D eigenvalue weighted by atomic mass is 32.2. The SMILES string of the molecule is Cc1ccc(NS(=O)(=O)c2ccccc2C(N)=S)cc1F. The van der Waals surface area contributed by atoms with E-state index >= 15 is 0 Å². The zero-order chi connectivity index (χ0) is 15.6. The molecule has 0 aliphatic rings. The predicted octanol–water partition coefficient (Wildman–Crippen LogP) is 2.57. The molecule has 0 saturated heterocycles. The molecule has 0 aliphatic heterocycles. The molecule has 110 valence electrons. The van der Waals surface area contributed by atoms with Gasteiger partial charge in [-0.25, -0.2) is 12.8 Å². The van der Waals surface area contributed by atoms with Crippen molar-refractivity contribution >= 4 is 32.9 Å². The van der Waals surface area contributed by atoms with Gasteiger partial charge in [-0.1, -0.05) is 36.5 Å². The number of aryl methyl sites for hydroxylation is 1. The number of thiocarbonyl (C=S) groups is 1. The van der Waals surface area contributed by atoms with Crippen molar-refractivity contribution < 1.29 is 12.8 Å². The predicted molar refractivity (Wildman–Crippen MR) is 84.3 cm³/mol. The Morgan fingerprint density at radius 1 is 1.24 bits per heavy atom. The van der Waals surface area contributed by atoms with Gasteiger partial charge in [-0.05, 0) is 30.7 Å². The zero-order valence-electron chi connectivity index (χ0n) is 11.1. The Morgan fingerprint density at radius 2 is 1.90 bits per heavy atom. The topological polar surface area (TPSA) is 72.2 Å². The lowest BCUT2D eigenvalue weighted by molar-refractivity contribution is 0.601. The number of halogens is 1. The minimum absolute atomic E-state index is 0.0222. The molecule has 0 atom stereocenters. The summed E-state index contributed by atoms with van der Waals surface area (Å²) < 4.78 is 40.6. The van der Waals surface area contributed by atoms with Crippen molar-refractivity contribution in [1.82, 2.24) is 0 Å². The maximum absolute atomic E-state index is 13.5. The van der Waals surface area contributed by atoms with Crippen molar-refractivity contribution in [3.8, 4) is 0 Å². The van der Waals surface area contributed by atoms with E-state index in [1.165, 1.54) is 24.3 Å². The van der Waals surface area contributed by atoms with Crippen molar-refractivity contribution in [2.75, 3.05) is 4.72 Å². The third-order valence-electron chi connectivity index (χ3n) is 2.87. The van der Waals surface area contributed by atoms with Crippen LogP contribution in [0.2, 0.25) is 0 Å². The van der Waals surface area contributed by atoms with E-state index in [-0.39, 0.29) is 21.1 Å². The minimum Gasteiger partial charge on any atom is -0.389 e. The van der Waals surface area contributed by atoms with Crippen LogP contribution in [0.5, 0.6) is 0 Å². The molecule has 0 aromatic heterocycles. The molecule has 4 nitrogen and oxygen atoms in total. The number of anilines is 1. The van der Waals surface area contributed by atoms with Crippen LogP contribution >= 0.6 is 12.2 Å². The highest BCUT2D eigenvalue weighted by Crippen LogP contribution is 2.21. The standard InChI is InChI=1S/C14H13FN2O2S2/c1-9-6-7-10(8-12(9)15)17-21(18,19)13-5-3-2-4-11(13)14(16)20/h2-8,17H,1H3,(H2,16,20). The first-order valence-corrected chi connectivity index (χ1v) is 7.88. The van der Waals surface area contributed by atoms with Crippen LogP contribution in [0.3, 0.4) is 0 Å². The van der Waals surface area contributed by atoms with Crippen LogP contribution in [0.1, 0.15) is 11.1 Å². The molecule has 21 heavy (non-hydrogen) atoms. The largest absolute Gasteiger partial charge is 0.389 e. The Bertz CT molecular complexity index is 804. The van der Waals surface area contributed by atoms with E-state index in [1.54, 1.807) is 19.1 Å². The van der Waals surface area contributed by atoms with Gasteiger partial charge >= 0.3 is 0 Å². The molecule has 7 heteroatoms. The van der Waals surface area contributed by atoms with Crippen LogP contribution in [0.4, 0.5) is 10.1 Å². The van der Waals surface area contributed by atoms with Gasteiger partial charge in [0.15, 0.2) is 0 Å². The van der Waals surface area contributed by atoms with Crippen LogP contribution < -0.4 is 10.5 Å². The lowest BCUT2D eigenvalue weighted by Gasteiger charge is -2.12. The van der Waals surface area contributed by atoms with Crippen LogP contribution in [0.25, 0.3) is 0 Å². The van der Waals surface area contributed by atoms with Gasteiger partial charge in [0.2, 0.25) is 0 Å². The van der Waals surface area contributed by atoms with Gasteiger partial charge in [0.25, 0.3) is 10.0 Å². The van der Waals surface area contributed by atoms with Gasteiger partial charge in [-0.2, -0.15) is 0 Å². The first-order valence-electron chi connectivity index (χ1n) is 5.99. The Morgan fingerprint density at radius 3 is 2.52 bits per heavy atom. The minimum atomic E-state index is -3.90. The van der Waals surface area contributed by atoms with Crippen molar-refractivity contribution in [3.05, 3.63) is 59.4 Å². The average Bonchev–Trinajstić information content (AvgIpc) is 2.42. The summed E-state index contributed by atoms with van der Waals surface area (Å²) >= 11 is 4.85. The van der Waals surface area contributed by atoms with Crippen LogP contribution in [0.15, 0.2) is 47.4 Å².